The van der Waals surface area contributed by atoms with Crippen molar-refractivity contribution in [1.82, 2.24) is 14.4 Å². The SMILES string of the molecule is COc1cc(=O)n2c(c1C(=O)N1CCc3ccccc3C1)CCN(Cc1ccc(CO)o1)CC2. The number of benzene rings is 1. The molecule has 0 spiro atoms. The molecule has 0 fully saturated rings. The number of hydrogen-bond acceptors (Lipinski definition) is 6. The van der Waals surface area contributed by atoms with E-state index in [1.165, 1.54) is 18.7 Å². The van der Waals surface area contributed by atoms with Gasteiger partial charge >= 0.3 is 0 Å². The zero-order chi connectivity index (χ0) is 23.7. The summed E-state index contributed by atoms with van der Waals surface area (Å²) in [7, 11) is 1.51. The number of fused-ring (bicyclic) bond motifs is 2. The Kier molecular flexibility index (Phi) is 6.26. The minimum absolute atomic E-state index is 0.0952. The zero-order valence-corrected chi connectivity index (χ0v) is 19.3. The fourth-order valence-electron chi connectivity index (χ4n) is 4.98. The van der Waals surface area contributed by atoms with Crippen LogP contribution in [0.3, 0.4) is 0 Å². The number of rotatable bonds is 5. The molecule has 34 heavy (non-hydrogen) atoms. The molecule has 1 aromatic carbocycles. The van der Waals surface area contributed by atoms with Crippen LogP contribution in [0, 0.1) is 0 Å². The van der Waals surface area contributed by atoms with Gasteiger partial charge in [-0.05, 0) is 29.7 Å². The van der Waals surface area contributed by atoms with Gasteiger partial charge in [0.25, 0.3) is 11.5 Å². The fraction of sp³-hybridized carbons (Fsp3) is 0.385. The molecule has 0 aliphatic carbocycles. The second-order valence-corrected chi connectivity index (χ2v) is 8.82. The van der Waals surface area contributed by atoms with Crippen molar-refractivity contribution < 1.29 is 19.1 Å². The lowest BCUT2D eigenvalue weighted by atomic mass is 9.98. The Morgan fingerprint density at radius 3 is 2.59 bits per heavy atom. The average molecular weight is 464 g/mol. The fourth-order valence-corrected chi connectivity index (χ4v) is 4.98. The molecule has 0 unspecified atom stereocenters. The number of aromatic nitrogens is 1. The first kappa shape index (κ1) is 22.4. The molecular weight excluding hydrogens is 434 g/mol. The third-order valence-electron chi connectivity index (χ3n) is 6.79. The Labute approximate surface area is 198 Å². The van der Waals surface area contributed by atoms with E-state index in [0.717, 1.165) is 23.4 Å². The highest BCUT2D eigenvalue weighted by Crippen LogP contribution is 2.28. The minimum Gasteiger partial charge on any atom is -0.496 e. The van der Waals surface area contributed by atoms with Gasteiger partial charge in [-0.15, -0.1) is 0 Å². The molecule has 2 aliphatic rings. The van der Waals surface area contributed by atoms with Crippen molar-refractivity contribution in [1.29, 1.82) is 0 Å². The maximum absolute atomic E-state index is 13.8. The van der Waals surface area contributed by atoms with Crippen molar-refractivity contribution in [2.24, 2.45) is 0 Å². The Morgan fingerprint density at radius 1 is 1.03 bits per heavy atom. The van der Waals surface area contributed by atoms with Crippen LogP contribution in [0.4, 0.5) is 0 Å². The number of ether oxygens (including phenoxy) is 1. The molecule has 0 bridgehead atoms. The largest absolute Gasteiger partial charge is 0.496 e. The van der Waals surface area contributed by atoms with Crippen LogP contribution >= 0.6 is 0 Å². The Balaban J connectivity index is 1.42. The van der Waals surface area contributed by atoms with E-state index in [1.54, 1.807) is 10.6 Å². The number of hydrogen-bond donors (Lipinski definition) is 1. The lowest BCUT2D eigenvalue weighted by Gasteiger charge is -2.30. The number of methoxy groups -OCH3 is 1. The highest BCUT2D eigenvalue weighted by molar-refractivity contribution is 5.98. The average Bonchev–Trinajstić information content (AvgIpc) is 3.22. The van der Waals surface area contributed by atoms with E-state index in [1.807, 2.05) is 23.1 Å². The van der Waals surface area contributed by atoms with Crippen LogP contribution < -0.4 is 10.3 Å². The van der Waals surface area contributed by atoms with Crippen LogP contribution in [0.2, 0.25) is 0 Å². The first-order valence-corrected chi connectivity index (χ1v) is 11.6. The van der Waals surface area contributed by atoms with Crippen molar-refractivity contribution in [3.05, 3.63) is 86.7 Å². The van der Waals surface area contributed by atoms with Crippen LogP contribution in [0.5, 0.6) is 5.75 Å². The topological polar surface area (TPSA) is 88.2 Å². The smallest absolute Gasteiger partial charge is 0.259 e. The van der Waals surface area contributed by atoms with E-state index < -0.39 is 0 Å². The van der Waals surface area contributed by atoms with Gasteiger partial charge in [0, 0.05) is 50.9 Å². The number of carbonyl (C=O) groups is 1. The molecule has 4 heterocycles. The monoisotopic (exact) mass is 463 g/mol. The van der Waals surface area contributed by atoms with Gasteiger partial charge in [-0.3, -0.25) is 14.5 Å². The van der Waals surface area contributed by atoms with Crippen LogP contribution in [-0.2, 0) is 39.1 Å². The van der Waals surface area contributed by atoms with E-state index in [0.29, 0.717) is 62.8 Å². The number of carbonyl (C=O) groups excluding carboxylic acids is 1. The maximum Gasteiger partial charge on any atom is 0.259 e. The summed E-state index contributed by atoms with van der Waals surface area (Å²) in [5, 5.41) is 9.25. The van der Waals surface area contributed by atoms with Crippen molar-refractivity contribution in [2.75, 3.05) is 26.7 Å². The molecule has 8 nitrogen and oxygen atoms in total. The van der Waals surface area contributed by atoms with Gasteiger partial charge in [-0.2, -0.15) is 0 Å². The van der Waals surface area contributed by atoms with Gasteiger partial charge in [-0.25, -0.2) is 0 Å². The molecule has 0 radical (unpaired) electrons. The molecule has 8 heteroatoms. The van der Waals surface area contributed by atoms with Crippen molar-refractivity contribution in [2.45, 2.75) is 39.1 Å². The van der Waals surface area contributed by atoms with Crippen LogP contribution in [0.25, 0.3) is 0 Å². The summed E-state index contributed by atoms with van der Waals surface area (Å²) in [5.74, 6) is 1.54. The number of nitrogens with zero attached hydrogens (tertiary/aromatic N) is 3. The molecule has 1 amide bonds. The summed E-state index contributed by atoms with van der Waals surface area (Å²) in [6.45, 7) is 3.43. The van der Waals surface area contributed by atoms with E-state index >= 15 is 0 Å². The molecule has 0 saturated heterocycles. The third-order valence-corrected chi connectivity index (χ3v) is 6.79. The Morgan fingerprint density at radius 2 is 1.82 bits per heavy atom. The van der Waals surface area contributed by atoms with E-state index in [9.17, 15) is 14.7 Å². The quantitative estimate of drug-likeness (QED) is 0.624. The van der Waals surface area contributed by atoms with Gasteiger partial charge in [0.05, 0.1) is 13.7 Å². The standard InChI is InChI=1S/C26H29N3O5/c1-33-23-14-24(31)29-13-12-27(16-20-6-7-21(17-30)34-20)10-9-22(29)25(23)26(32)28-11-8-18-4-2-3-5-19(18)15-28/h2-7,14,30H,8-13,15-17H2,1H3. The van der Waals surface area contributed by atoms with Gasteiger partial charge in [0.2, 0.25) is 0 Å². The van der Waals surface area contributed by atoms with E-state index in [-0.39, 0.29) is 18.1 Å². The van der Waals surface area contributed by atoms with Gasteiger partial charge < -0.3 is 23.7 Å². The molecule has 2 aromatic heterocycles. The normalized spacial score (nSPS) is 16.0. The van der Waals surface area contributed by atoms with Crippen molar-refractivity contribution in [3.8, 4) is 5.75 Å². The summed E-state index contributed by atoms with van der Waals surface area (Å²) in [4.78, 5) is 30.7. The number of furan rings is 1. The zero-order valence-electron chi connectivity index (χ0n) is 19.3. The van der Waals surface area contributed by atoms with Gasteiger partial charge in [-0.1, -0.05) is 24.3 Å². The van der Waals surface area contributed by atoms with E-state index in [4.69, 9.17) is 9.15 Å². The van der Waals surface area contributed by atoms with Gasteiger partial charge in [0.1, 0.15) is 29.4 Å². The van der Waals surface area contributed by atoms with Crippen molar-refractivity contribution >= 4 is 5.91 Å². The summed E-state index contributed by atoms with van der Waals surface area (Å²) >= 11 is 0. The molecule has 1 N–H and O–H groups in total. The van der Waals surface area contributed by atoms with Crippen LogP contribution in [-0.4, -0.2) is 52.1 Å². The first-order valence-electron chi connectivity index (χ1n) is 11.6. The lowest BCUT2D eigenvalue weighted by Crippen LogP contribution is -2.38. The second kappa shape index (κ2) is 9.48. The molecule has 0 atom stereocenters. The summed E-state index contributed by atoms with van der Waals surface area (Å²) < 4.78 is 12.9. The molecule has 3 aromatic rings. The van der Waals surface area contributed by atoms with E-state index in [2.05, 4.69) is 17.0 Å². The van der Waals surface area contributed by atoms with Crippen LogP contribution in [0.1, 0.15) is 38.7 Å². The predicted molar refractivity (Wildman–Crippen MR) is 126 cm³/mol. The molecular formula is C26H29N3O5. The van der Waals surface area contributed by atoms with Crippen LogP contribution in [0.15, 0.2) is 51.7 Å². The summed E-state index contributed by atoms with van der Waals surface area (Å²) in [5.41, 5.74) is 3.50. The molecule has 178 valence electrons. The maximum atomic E-state index is 13.8. The summed E-state index contributed by atoms with van der Waals surface area (Å²) in [6, 6.07) is 13.3. The Hall–Kier alpha value is -3.36. The lowest BCUT2D eigenvalue weighted by molar-refractivity contribution is 0.0728. The Bertz CT molecular complexity index is 1260. The minimum atomic E-state index is -0.158. The summed E-state index contributed by atoms with van der Waals surface area (Å²) in [6.07, 6.45) is 1.36. The second-order valence-electron chi connectivity index (χ2n) is 8.82. The highest BCUT2D eigenvalue weighted by Gasteiger charge is 2.30. The number of amides is 1. The molecule has 0 saturated carbocycles. The number of pyridine rings is 1. The first-order chi connectivity index (χ1) is 16.6. The third kappa shape index (κ3) is 4.26. The predicted octanol–water partition coefficient (Wildman–Crippen LogP) is 2.20. The number of aliphatic hydroxyl groups is 1. The molecule has 5 rings (SSSR count). The van der Waals surface area contributed by atoms with Crippen molar-refractivity contribution in [3.63, 3.8) is 0 Å². The number of aliphatic hydroxyl groups excluding tert-OH is 1. The van der Waals surface area contributed by atoms with Gasteiger partial charge in [0.15, 0.2) is 0 Å². The molecule has 2 aliphatic heterocycles. The highest BCUT2D eigenvalue weighted by atomic mass is 16.5.